The minimum absolute atomic E-state index is 0.313. The van der Waals surface area contributed by atoms with Gasteiger partial charge in [0, 0.05) is 17.6 Å². The van der Waals surface area contributed by atoms with Gasteiger partial charge in [-0.15, -0.1) is 0 Å². The van der Waals surface area contributed by atoms with Crippen LogP contribution in [-0.2, 0) is 6.54 Å². The van der Waals surface area contributed by atoms with Gasteiger partial charge >= 0.3 is 0 Å². The van der Waals surface area contributed by atoms with Gasteiger partial charge in [-0.05, 0) is 17.7 Å². The van der Waals surface area contributed by atoms with E-state index < -0.39 is 0 Å². The number of nitrogens with zero attached hydrogens (tertiary/aromatic N) is 3. The van der Waals surface area contributed by atoms with Gasteiger partial charge in [-0.3, -0.25) is 0 Å². The number of nitriles is 1. The lowest BCUT2D eigenvalue weighted by atomic mass is 10.2. The van der Waals surface area contributed by atoms with Crippen LogP contribution in [0.4, 0.5) is 11.6 Å². The number of rotatable bonds is 4. The van der Waals surface area contributed by atoms with Crippen LogP contribution in [-0.4, -0.2) is 28.9 Å². The highest BCUT2D eigenvalue weighted by Gasteiger charge is 2.22. The first-order valence-electron chi connectivity index (χ1n) is 6.65. The molecule has 108 valence electrons. The van der Waals surface area contributed by atoms with E-state index in [2.05, 4.69) is 37.7 Å². The summed E-state index contributed by atoms with van der Waals surface area (Å²) in [5.74, 6) is 0.966. The molecule has 0 saturated carbocycles. The Morgan fingerprint density at radius 1 is 1.43 bits per heavy atom. The highest BCUT2D eigenvalue weighted by Crippen LogP contribution is 2.23. The fraction of sp³-hybridized carbons (Fsp3) is 0.286. The normalized spacial score (nSPS) is 14.5. The van der Waals surface area contributed by atoms with Crippen molar-refractivity contribution in [2.75, 3.05) is 24.1 Å². The standard InChI is InChI=1S/C14H15BrN6/c15-10-3-1-9(2-4-10)8-21-13(17)12(5-16)14(20-21)19-11-6-18-7-11/h1-4,11,18H,6-8,17H2,(H,19,20). The van der Waals surface area contributed by atoms with Crippen LogP contribution < -0.4 is 16.4 Å². The van der Waals surface area contributed by atoms with Gasteiger partial charge in [0.15, 0.2) is 5.82 Å². The third kappa shape index (κ3) is 2.86. The van der Waals surface area contributed by atoms with E-state index in [0.717, 1.165) is 23.1 Å². The molecule has 0 amide bonds. The summed E-state index contributed by atoms with van der Waals surface area (Å²) in [7, 11) is 0. The van der Waals surface area contributed by atoms with Gasteiger partial charge in [-0.25, -0.2) is 4.68 Å². The highest BCUT2D eigenvalue weighted by atomic mass is 79.9. The first-order chi connectivity index (χ1) is 10.2. The van der Waals surface area contributed by atoms with Crippen LogP contribution in [0.15, 0.2) is 28.7 Å². The van der Waals surface area contributed by atoms with Crippen molar-refractivity contribution in [1.29, 1.82) is 5.26 Å². The van der Waals surface area contributed by atoms with Crippen LogP contribution in [0.3, 0.4) is 0 Å². The number of nitrogens with two attached hydrogens (primary N) is 1. The Morgan fingerprint density at radius 3 is 2.71 bits per heavy atom. The van der Waals surface area contributed by atoms with E-state index in [1.807, 2.05) is 24.3 Å². The lowest BCUT2D eigenvalue weighted by Gasteiger charge is -2.27. The number of benzene rings is 1. The summed E-state index contributed by atoms with van der Waals surface area (Å²) < 4.78 is 2.69. The zero-order valence-electron chi connectivity index (χ0n) is 11.3. The lowest BCUT2D eigenvalue weighted by Crippen LogP contribution is -2.51. The van der Waals surface area contributed by atoms with Gasteiger partial charge in [-0.2, -0.15) is 10.4 Å². The molecule has 21 heavy (non-hydrogen) atoms. The smallest absolute Gasteiger partial charge is 0.168 e. The minimum atomic E-state index is 0.313. The molecule has 6 nitrogen and oxygen atoms in total. The summed E-state index contributed by atoms with van der Waals surface area (Å²) in [6, 6.07) is 10.4. The van der Waals surface area contributed by atoms with Crippen LogP contribution in [0.1, 0.15) is 11.1 Å². The second-order valence-corrected chi connectivity index (χ2v) is 5.92. The van der Waals surface area contributed by atoms with Crippen LogP contribution in [0.25, 0.3) is 0 Å². The summed E-state index contributed by atoms with van der Waals surface area (Å²) in [5.41, 5.74) is 7.53. The molecule has 1 fully saturated rings. The van der Waals surface area contributed by atoms with Crippen LogP contribution >= 0.6 is 15.9 Å². The number of halogens is 1. The van der Waals surface area contributed by atoms with Gasteiger partial charge < -0.3 is 16.4 Å². The fourth-order valence-electron chi connectivity index (χ4n) is 2.15. The summed E-state index contributed by atoms with van der Waals surface area (Å²) in [5, 5.41) is 20.1. The minimum Gasteiger partial charge on any atom is -0.383 e. The van der Waals surface area contributed by atoms with E-state index >= 15 is 0 Å². The fourth-order valence-corrected chi connectivity index (χ4v) is 2.42. The summed E-state index contributed by atoms with van der Waals surface area (Å²) in [4.78, 5) is 0. The van der Waals surface area contributed by atoms with Gasteiger partial charge in [0.2, 0.25) is 0 Å². The molecule has 0 spiro atoms. The van der Waals surface area contributed by atoms with E-state index in [1.54, 1.807) is 4.68 Å². The molecule has 3 rings (SSSR count). The molecular weight excluding hydrogens is 332 g/mol. The lowest BCUT2D eigenvalue weighted by molar-refractivity contribution is 0.470. The van der Waals surface area contributed by atoms with Gasteiger partial charge in [0.1, 0.15) is 17.5 Å². The molecule has 1 aromatic heterocycles. The Labute approximate surface area is 131 Å². The van der Waals surface area contributed by atoms with Crippen LogP contribution in [0.2, 0.25) is 0 Å². The van der Waals surface area contributed by atoms with Gasteiger partial charge in [0.25, 0.3) is 0 Å². The zero-order chi connectivity index (χ0) is 14.8. The van der Waals surface area contributed by atoms with E-state index in [0.29, 0.717) is 29.8 Å². The van der Waals surface area contributed by atoms with Crippen molar-refractivity contribution >= 4 is 27.6 Å². The molecule has 1 aliphatic heterocycles. The number of hydrogen-bond donors (Lipinski definition) is 3. The van der Waals surface area contributed by atoms with Crippen molar-refractivity contribution in [3.63, 3.8) is 0 Å². The van der Waals surface area contributed by atoms with E-state index in [1.165, 1.54) is 0 Å². The molecule has 1 aromatic carbocycles. The molecule has 0 radical (unpaired) electrons. The van der Waals surface area contributed by atoms with Crippen molar-refractivity contribution in [3.05, 3.63) is 39.9 Å². The second-order valence-electron chi connectivity index (χ2n) is 5.00. The predicted molar refractivity (Wildman–Crippen MR) is 84.9 cm³/mol. The Bertz CT molecular complexity index is 681. The maximum absolute atomic E-state index is 9.27. The number of aromatic nitrogens is 2. The molecule has 4 N–H and O–H groups in total. The third-order valence-electron chi connectivity index (χ3n) is 3.47. The monoisotopic (exact) mass is 346 g/mol. The first kappa shape index (κ1) is 13.9. The molecule has 1 saturated heterocycles. The zero-order valence-corrected chi connectivity index (χ0v) is 12.9. The molecule has 2 aromatic rings. The average molecular weight is 347 g/mol. The summed E-state index contributed by atoms with van der Waals surface area (Å²) >= 11 is 3.41. The largest absolute Gasteiger partial charge is 0.383 e. The van der Waals surface area contributed by atoms with Crippen LogP contribution in [0.5, 0.6) is 0 Å². The number of nitrogen functional groups attached to an aromatic ring is 1. The van der Waals surface area contributed by atoms with Crippen molar-refractivity contribution < 1.29 is 0 Å². The van der Waals surface area contributed by atoms with E-state index in [4.69, 9.17) is 5.73 Å². The van der Waals surface area contributed by atoms with Gasteiger partial charge in [-0.1, -0.05) is 28.1 Å². The maximum Gasteiger partial charge on any atom is 0.168 e. The summed E-state index contributed by atoms with van der Waals surface area (Å²) in [6.07, 6.45) is 0. The van der Waals surface area contributed by atoms with Gasteiger partial charge in [0.05, 0.1) is 12.6 Å². The number of anilines is 2. The molecule has 7 heteroatoms. The Hall–Kier alpha value is -2.04. The van der Waals surface area contributed by atoms with Crippen molar-refractivity contribution in [1.82, 2.24) is 15.1 Å². The third-order valence-corrected chi connectivity index (χ3v) is 4.00. The van der Waals surface area contributed by atoms with Crippen molar-refractivity contribution in [2.45, 2.75) is 12.6 Å². The second kappa shape index (κ2) is 5.76. The quantitative estimate of drug-likeness (QED) is 0.780. The van der Waals surface area contributed by atoms with E-state index in [9.17, 15) is 5.26 Å². The first-order valence-corrected chi connectivity index (χ1v) is 7.44. The Kier molecular flexibility index (Phi) is 3.82. The SMILES string of the molecule is N#Cc1c(NC2CNC2)nn(Cc2ccc(Br)cc2)c1N. The maximum atomic E-state index is 9.27. The molecule has 0 atom stereocenters. The molecule has 0 bridgehead atoms. The number of hydrogen-bond acceptors (Lipinski definition) is 5. The van der Waals surface area contributed by atoms with Crippen LogP contribution in [0, 0.1) is 11.3 Å². The number of nitrogens with one attached hydrogen (secondary N) is 2. The highest BCUT2D eigenvalue weighted by molar-refractivity contribution is 9.10. The molecule has 0 unspecified atom stereocenters. The molecule has 2 heterocycles. The molecule has 0 aliphatic carbocycles. The molecule has 1 aliphatic rings. The predicted octanol–water partition coefficient (Wildman–Crippen LogP) is 1.53. The Balaban J connectivity index is 1.84. The van der Waals surface area contributed by atoms with Crippen molar-refractivity contribution in [3.8, 4) is 6.07 Å². The van der Waals surface area contributed by atoms with E-state index in [-0.39, 0.29) is 0 Å². The topological polar surface area (TPSA) is 91.7 Å². The Morgan fingerprint density at radius 2 is 2.14 bits per heavy atom. The average Bonchev–Trinajstić information content (AvgIpc) is 2.72. The summed E-state index contributed by atoms with van der Waals surface area (Å²) in [6.45, 7) is 2.30. The molecular formula is C14H15BrN6. The van der Waals surface area contributed by atoms with Crippen molar-refractivity contribution in [2.24, 2.45) is 0 Å².